The molecule has 28 heavy (non-hydrogen) atoms. The first kappa shape index (κ1) is 17.8. The van der Waals surface area contributed by atoms with Crippen LogP contribution in [0.15, 0.2) is 58.2 Å². The molecule has 0 saturated carbocycles. The minimum Gasteiger partial charge on any atom is -0.492 e. The summed E-state index contributed by atoms with van der Waals surface area (Å²) < 4.78 is 10.9. The molecule has 0 bridgehead atoms. The van der Waals surface area contributed by atoms with Gasteiger partial charge < -0.3 is 14.1 Å². The van der Waals surface area contributed by atoms with Gasteiger partial charge >= 0.3 is 0 Å². The second-order valence-corrected chi connectivity index (χ2v) is 8.71. The summed E-state index contributed by atoms with van der Waals surface area (Å²) in [5, 5.41) is 2.24. The Kier molecular flexibility index (Phi) is 4.87. The predicted molar refractivity (Wildman–Crippen MR) is 112 cm³/mol. The number of rotatable bonds is 5. The van der Waals surface area contributed by atoms with Gasteiger partial charge in [-0.05, 0) is 53.6 Å². The second kappa shape index (κ2) is 7.64. The average molecular weight is 394 g/mol. The Labute approximate surface area is 168 Å². The summed E-state index contributed by atoms with van der Waals surface area (Å²) in [5.74, 6) is 2.69. The highest BCUT2D eigenvalue weighted by Gasteiger charge is 2.24. The van der Waals surface area contributed by atoms with Crippen molar-refractivity contribution >= 4 is 28.3 Å². The molecule has 2 aromatic carbocycles. The molecule has 0 aliphatic carbocycles. The van der Waals surface area contributed by atoms with Crippen LogP contribution in [0.5, 0.6) is 5.75 Å². The molecular weight excluding hydrogens is 370 g/mol. The number of carbonyl (C=O) groups excluding carboxylic acids is 1. The van der Waals surface area contributed by atoms with Gasteiger partial charge in [0.25, 0.3) is 0 Å². The third kappa shape index (κ3) is 3.56. The largest absolute Gasteiger partial charge is 0.492 e. The van der Waals surface area contributed by atoms with E-state index in [-0.39, 0.29) is 5.78 Å². The quantitative estimate of drug-likeness (QED) is 0.572. The van der Waals surface area contributed by atoms with E-state index in [2.05, 4.69) is 23.1 Å². The van der Waals surface area contributed by atoms with Crippen LogP contribution in [0.3, 0.4) is 0 Å². The van der Waals surface area contributed by atoms with E-state index in [1.165, 1.54) is 10.5 Å². The molecule has 0 radical (unpaired) electrons. The van der Waals surface area contributed by atoms with E-state index < -0.39 is 0 Å². The normalized spacial score (nSPS) is 19.5. The molecule has 4 nitrogen and oxygen atoms in total. The minimum atomic E-state index is 0.218. The number of hydrogen-bond acceptors (Lipinski definition) is 5. The molecule has 1 unspecified atom stereocenters. The number of fused-ring (bicyclic) bond motifs is 2. The molecule has 0 N–H and O–H groups in total. The highest BCUT2D eigenvalue weighted by atomic mass is 32.2. The Morgan fingerprint density at radius 3 is 3.04 bits per heavy atom. The average Bonchev–Trinajstić information content (AvgIpc) is 3.41. The van der Waals surface area contributed by atoms with E-state index in [1.54, 1.807) is 6.26 Å². The first-order valence-corrected chi connectivity index (χ1v) is 10.9. The SMILES string of the molecule is O=C(CCN1CCC(c2ccoc2)C1)c1ccc2cc3c(cc2c1)SCCO3. The number of ketones is 1. The number of hydrogen-bond donors (Lipinski definition) is 0. The van der Waals surface area contributed by atoms with Crippen molar-refractivity contribution in [3.05, 3.63) is 60.1 Å². The molecule has 3 heterocycles. The molecule has 1 atom stereocenters. The van der Waals surface area contributed by atoms with Crippen LogP contribution in [0.4, 0.5) is 0 Å². The van der Waals surface area contributed by atoms with Crippen molar-refractivity contribution in [1.82, 2.24) is 4.90 Å². The molecule has 0 spiro atoms. The smallest absolute Gasteiger partial charge is 0.164 e. The molecule has 5 heteroatoms. The van der Waals surface area contributed by atoms with Crippen molar-refractivity contribution in [3.8, 4) is 5.75 Å². The number of benzene rings is 2. The molecule has 1 saturated heterocycles. The monoisotopic (exact) mass is 393 g/mol. The Balaban J connectivity index is 1.24. The zero-order chi connectivity index (χ0) is 18.9. The second-order valence-electron chi connectivity index (χ2n) is 7.57. The van der Waals surface area contributed by atoms with Gasteiger partial charge in [0.1, 0.15) is 5.75 Å². The third-order valence-electron chi connectivity index (χ3n) is 5.77. The van der Waals surface area contributed by atoms with Crippen LogP contribution >= 0.6 is 11.8 Å². The maximum absolute atomic E-state index is 12.8. The fourth-order valence-corrected chi connectivity index (χ4v) is 5.03. The van der Waals surface area contributed by atoms with Gasteiger partial charge in [-0.25, -0.2) is 0 Å². The highest BCUT2D eigenvalue weighted by Crippen LogP contribution is 2.37. The number of carbonyl (C=O) groups is 1. The van der Waals surface area contributed by atoms with Crippen LogP contribution in [0, 0.1) is 0 Å². The topological polar surface area (TPSA) is 42.7 Å². The molecule has 2 aliphatic heterocycles. The summed E-state index contributed by atoms with van der Waals surface area (Å²) in [5.41, 5.74) is 2.08. The third-order valence-corrected chi connectivity index (χ3v) is 6.77. The van der Waals surface area contributed by atoms with E-state index in [1.807, 2.05) is 36.2 Å². The summed E-state index contributed by atoms with van der Waals surface area (Å²) in [7, 11) is 0. The van der Waals surface area contributed by atoms with Crippen LogP contribution in [-0.2, 0) is 0 Å². The van der Waals surface area contributed by atoms with Crippen LogP contribution in [0.1, 0.15) is 34.7 Å². The number of ether oxygens (including phenoxy) is 1. The first-order valence-electron chi connectivity index (χ1n) is 9.87. The van der Waals surface area contributed by atoms with Crippen LogP contribution < -0.4 is 4.74 Å². The molecule has 2 aliphatic rings. The zero-order valence-electron chi connectivity index (χ0n) is 15.7. The molecule has 1 aromatic heterocycles. The zero-order valence-corrected chi connectivity index (χ0v) is 16.5. The lowest BCUT2D eigenvalue weighted by Gasteiger charge is -2.18. The van der Waals surface area contributed by atoms with Crippen LogP contribution in [0.25, 0.3) is 10.8 Å². The van der Waals surface area contributed by atoms with Crippen LogP contribution in [-0.4, -0.2) is 42.7 Å². The van der Waals surface area contributed by atoms with E-state index >= 15 is 0 Å². The molecule has 5 rings (SSSR count). The summed E-state index contributed by atoms with van der Waals surface area (Å²) in [6.07, 6.45) is 5.28. The van der Waals surface area contributed by atoms with Crippen molar-refractivity contribution in [2.75, 3.05) is 32.0 Å². The van der Waals surface area contributed by atoms with Crippen molar-refractivity contribution in [2.24, 2.45) is 0 Å². The molecular formula is C23H23NO3S. The van der Waals surface area contributed by atoms with Gasteiger partial charge in [0.05, 0.1) is 24.0 Å². The lowest BCUT2D eigenvalue weighted by molar-refractivity contribution is 0.0969. The van der Waals surface area contributed by atoms with E-state index in [4.69, 9.17) is 9.15 Å². The Morgan fingerprint density at radius 2 is 2.14 bits per heavy atom. The van der Waals surface area contributed by atoms with Gasteiger partial charge in [0.15, 0.2) is 5.78 Å². The standard InChI is InChI=1S/C23H23NO3S/c25-21(4-7-24-6-3-18(14-24)19-5-8-26-15-19)17-2-1-16-12-22-23(13-20(16)11-17)28-10-9-27-22/h1-2,5,8,11-13,15,18H,3-4,6-7,9-10,14H2. The fraction of sp³-hybridized carbons (Fsp3) is 0.348. The van der Waals surface area contributed by atoms with Gasteiger partial charge in [0.2, 0.25) is 0 Å². The van der Waals surface area contributed by atoms with Gasteiger partial charge in [-0.1, -0.05) is 12.1 Å². The molecule has 0 amide bonds. The minimum absolute atomic E-state index is 0.218. The van der Waals surface area contributed by atoms with Gasteiger partial charge in [-0.15, -0.1) is 11.8 Å². The highest BCUT2D eigenvalue weighted by molar-refractivity contribution is 7.99. The number of Topliss-reactive ketones (excluding diaryl/α,β-unsaturated/α-hetero) is 1. The van der Waals surface area contributed by atoms with Crippen molar-refractivity contribution in [2.45, 2.75) is 23.7 Å². The van der Waals surface area contributed by atoms with Gasteiger partial charge in [0, 0.05) is 36.7 Å². The summed E-state index contributed by atoms with van der Waals surface area (Å²) in [6, 6.07) is 12.3. The van der Waals surface area contributed by atoms with Gasteiger partial charge in [-0.3, -0.25) is 4.79 Å². The van der Waals surface area contributed by atoms with E-state index in [9.17, 15) is 4.79 Å². The van der Waals surface area contributed by atoms with Crippen molar-refractivity contribution in [1.29, 1.82) is 0 Å². The van der Waals surface area contributed by atoms with E-state index in [0.717, 1.165) is 60.5 Å². The van der Waals surface area contributed by atoms with Gasteiger partial charge in [-0.2, -0.15) is 0 Å². The Morgan fingerprint density at radius 1 is 1.18 bits per heavy atom. The lowest BCUT2D eigenvalue weighted by atomic mass is 10.0. The summed E-state index contributed by atoms with van der Waals surface area (Å²) in [4.78, 5) is 16.3. The predicted octanol–water partition coefficient (Wildman–Crippen LogP) is 4.98. The Bertz CT molecular complexity index is 999. The maximum Gasteiger partial charge on any atom is 0.164 e. The first-order chi connectivity index (χ1) is 13.8. The maximum atomic E-state index is 12.8. The summed E-state index contributed by atoms with van der Waals surface area (Å²) in [6.45, 7) is 3.63. The number of likely N-dealkylation sites (tertiary alicyclic amines) is 1. The fourth-order valence-electron chi connectivity index (χ4n) is 4.18. The lowest BCUT2D eigenvalue weighted by Crippen LogP contribution is -2.23. The van der Waals surface area contributed by atoms with Crippen molar-refractivity contribution < 1.29 is 13.9 Å². The molecule has 3 aromatic rings. The van der Waals surface area contributed by atoms with E-state index in [0.29, 0.717) is 12.3 Å². The Hall–Kier alpha value is -2.24. The number of nitrogens with zero attached hydrogens (tertiary/aromatic N) is 1. The number of thioether (sulfide) groups is 1. The number of furan rings is 1. The van der Waals surface area contributed by atoms with Crippen LogP contribution in [0.2, 0.25) is 0 Å². The van der Waals surface area contributed by atoms with Crippen molar-refractivity contribution in [3.63, 3.8) is 0 Å². The molecule has 1 fully saturated rings. The summed E-state index contributed by atoms with van der Waals surface area (Å²) >= 11 is 1.82. The molecule has 144 valence electrons.